The molecule has 0 atom stereocenters. The van der Waals surface area contributed by atoms with Gasteiger partial charge >= 0.3 is 0 Å². The van der Waals surface area contributed by atoms with E-state index in [1.807, 2.05) is 0 Å². The van der Waals surface area contributed by atoms with Gasteiger partial charge in [-0.3, -0.25) is 4.79 Å². The van der Waals surface area contributed by atoms with Crippen LogP contribution in [0, 0.1) is 24.6 Å². The first-order chi connectivity index (χ1) is 10.0. The highest BCUT2D eigenvalue weighted by atomic mass is 35.5. The number of nitrogens with one attached hydrogen (secondary N) is 1. The van der Waals surface area contributed by atoms with Crippen molar-refractivity contribution < 1.29 is 14.3 Å². The van der Waals surface area contributed by atoms with Gasteiger partial charge in [0.25, 0.3) is 5.91 Å². The standard InChI is InChI=1S/C15H11ClFNO2S/c1-9-8-21-14(13(9)16)15(20)18-12-5-4-10(3-2-6-19)7-11(12)17/h4-5,7-8,19H,6H2,1H3,(H,18,20). The van der Waals surface area contributed by atoms with E-state index < -0.39 is 11.7 Å². The van der Waals surface area contributed by atoms with Gasteiger partial charge in [-0.05, 0) is 36.1 Å². The Hall–Kier alpha value is -1.87. The van der Waals surface area contributed by atoms with Crippen molar-refractivity contribution >= 4 is 34.5 Å². The monoisotopic (exact) mass is 323 g/mol. The number of halogens is 2. The second-order valence-electron chi connectivity index (χ2n) is 4.17. The van der Waals surface area contributed by atoms with Crippen molar-refractivity contribution in [1.29, 1.82) is 0 Å². The van der Waals surface area contributed by atoms with Crippen LogP contribution in [-0.2, 0) is 0 Å². The summed E-state index contributed by atoms with van der Waals surface area (Å²) in [4.78, 5) is 12.4. The van der Waals surface area contributed by atoms with Gasteiger partial charge < -0.3 is 10.4 Å². The van der Waals surface area contributed by atoms with E-state index in [9.17, 15) is 9.18 Å². The lowest BCUT2D eigenvalue weighted by Crippen LogP contribution is -2.12. The van der Waals surface area contributed by atoms with Crippen LogP contribution in [-0.4, -0.2) is 17.6 Å². The molecule has 2 rings (SSSR count). The van der Waals surface area contributed by atoms with Crippen LogP contribution < -0.4 is 5.32 Å². The number of rotatable bonds is 2. The van der Waals surface area contributed by atoms with E-state index in [0.717, 1.165) is 5.56 Å². The van der Waals surface area contributed by atoms with E-state index in [4.69, 9.17) is 16.7 Å². The van der Waals surface area contributed by atoms with Crippen LogP contribution >= 0.6 is 22.9 Å². The minimum atomic E-state index is -0.600. The van der Waals surface area contributed by atoms with Crippen LogP contribution in [0.5, 0.6) is 0 Å². The minimum Gasteiger partial charge on any atom is -0.384 e. The van der Waals surface area contributed by atoms with E-state index in [1.54, 1.807) is 18.4 Å². The maximum Gasteiger partial charge on any atom is 0.267 e. The first-order valence-corrected chi connectivity index (χ1v) is 7.23. The summed E-state index contributed by atoms with van der Waals surface area (Å²) in [5.74, 6) is 3.96. The van der Waals surface area contributed by atoms with Crippen LogP contribution in [0.2, 0.25) is 5.02 Å². The van der Waals surface area contributed by atoms with Crippen LogP contribution in [0.25, 0.3) is 0 Å². The van der Waals surface area contributed by atoms with Gasteiger partial charge in [0.2, 0.25) is 0 Å². The molecule has 0 radical (unpaired) electrons. The molecule has 0 fully saturated rings. The number of aliphatic hydroxyl groups excluding tert-OH is 1. The molecule has 0 bridgehead atoms. The summed E-state index contributed by atoms with van der Waals surface area (Å²) in [5, 5.41) is 13.2. The Morgan fingerprint density at radius 3 is 2.86 bits per heavy atom. The fourth-order valence-electron chi connectivity index (χ4n) is 1.60. The molecule has 0 aliphatic carbocycles. The fourth-order valence-corrected chi connectivity index (χ4v) is 2.77. The number of thiophene rings is 1. The zero-order valence-corrected chi connectivity index (χ0v) is 12.6. The van der Waals surface area contributed by atoms with Gasteiger partial charge in [0, 0.05) is 5.56 Å². The number of anilines is 1. The molecule has 6 heteroatoms. The van der Waals surface area contributed by atoms with Crippen molar-refractivity contribution in [3.8, 4) is 11.8 Å². The van der Waals surface area contributed by atoms with Gasteiger partial charge in [-0.25, -0.2) is 4.39 Å². The van der Waals surface area contributed by atoms with Crippen molar-refractivity contribution in [1.82, 2.24) is 0 Å². The van der Waals surface area contributed by atoms with E-state index in [1.165, 1.54) is 23.5 Å². The Labute approximate surface area is 130 Å². The van der Waals surface area contributed by atoms with E-state index in [0.29, 0.717) is 15.5 Å². The number of hydrogen-bond donors (Lipinski definition) is 2. The third kappa shape index (κ3) is 3.61. The number of carbonyl (C=O) groups excluding carboxylic acids is 1. The Kier molecular flexibility index (Phi) is 4.97. The van der Waals surface area contributed by atoms with E-state index in [2.05, 4.69) is 17.2 Å². The molecule has 2 N–H and O–H groups in total. The summed E-state index contributed by atoms with van der Waals surface area (Å²) in [5.41, 5.74) is 1.28. The van der Waals surface area contributed by atoms with Crippen molar-refractivity contribution in [3.63, 3.8) is 0 Å². The molecule has 1 amide bonds. The first kappa shape index (κ1) is 15.5. The normalized spacial score (nSPS) is 9.90. The average Bonchev–Trinajstić information content (AvgIpc) is 2.79. The summed E-state index contributed by atoms with van der Waals surface area (Å²) in [7, 11) is 0. The summed E-state index contributed by atoms with van der Waals surface area (Å²) in [6.45, 7) is 1.50. The Balaban J connectivity index is 2.20. The molecular weight excluding hydrogens is 313 g/mol. The molecule has 0 saturated heterocycles. The van der Waals surface area contributed by atoms with Gasteiger partial charge in [-0.1, -0.05) is 23.4 Å². The third-order valence-corrected chi connectivity index (χ3v) is 4.33. The molecule has 21 heavy (non-hydrogen) atoms. The Morgan fingerprint density at radius 1 is 1.52 bits per heavy atom. The minimum absolute atomic E-state index is 0.0525. The predicted molar refractivity (Wildman–Crippen MR) is 82.4 cm³/mol. The van der Waals surface area contributed by atoms with Crippen molar-refractivity contribution in [3.05, 3.63) is 50.4 Å². The number of benzene rings is 1. The number of amides is 1. The Morgan fingerprint density at radius 2 is 2.29 bits per heavy atom. The summed E-state index contributed by atoms with van der Waals surface area (Å²) in [6, 6.07) is 4.17. The van der Waals surface area contributed by atoms with Gasteiger partial charge in [-0.2, -0.15) is 0 Å². The van der Waals surface area contributed by atoms with Crippen LogP contribution in [0.1, 0.15) is 20.8 Å². The summed E-state index contributed by atoms with van der Waals surface area (Å²) >= 11 is 7.21. The maximum atomic E-state index is 13.9. The molecule has 0 spiro atoms. The number of carbonyl (C=O) groups is 1. The molecule has 0 saturated carbocycles. The van der Waals surface area contributed by atoms with Gasteiger partial charge in [-0.15, -0.1) is 11.3 Å². The molecular formula is C15H11ClFNO2S. The molecule has 1 aromatic heterocycles. The lowest BCUT2D eigenvalue weighted by molar-refractivity contribution is 0.103. The fraction of sp³-hybridized carbons (Fsp3) is 0.133. The van der Waals surface area contributed by atoms with Crippen LogP contribution in [0.3, 0.4) is 0 Å². The Bertz CT molecular complexity index is 746. The number of aliphatic hydroxyl groups is 1. The quantitative estimate of drug-likeness (QED) is 0.832. The SMILES string of the molecule is Cc1csc(C(=O)Nc2ccc(C#CCO)cc2F)c1Cl. The molecule has 0 aliphatic rings. The summed E-state index contributed by atoms with van der Waals surface area (Å²) in [6.07, 6.45) is 0. The molecule has 0 unspecified atom stereocenters. The molecule has 1 heterocycles. The van der Waals surface area contributed by atoms with Crippen molar-refractivity contribution in [2.75, 3.05) is 11.9 Å². The molecule has 0 aliphatic heterocycles. The van der Waals surface area contributed by atoms with Gasteiger partial charge in [0.15, 0.2) is 0 Å². The second-order valence-corrected chi connectivity index (χ2v) is 5.43. The maximum absolute atomic E-state index is 13.9. The second kappa shape index (κ2) is 6.72. The zero-order chi connectivity index (χ0) is 15.4. The lowest BCUT2D eigenvalue weighted by atomic mass is 10.2. The highest BCUT2D eigenvalue weighted by Gasteiger charge is 2.16. The first-order valence-electron chi connectivity index (χ1n) is 5.97. The van der Waals surface area contributed by atoms with Crippen molar-refractivity contribution in [2.45, 2.75) is 6.92 Å². The molecule has 2 aromatic rings. The van der Waals surface area contributed by atoms with E-state index >= 15 is 0 Å². The van der Waals surface area contributed by atoms with Gasteiger partial charge in [0.05, 0.1) is 10.7 Å². The largest absolute Gasteiger partial charge is 0.384 e. The third-order valence-electron chi connectivity index (χ3n) is 2.63. The molecule has 3 nitrogen and oxygen atoms in total. The summed E-state index contributed by atoms with van der Waals surface area (Å²) < 4.78 is 13.9. The highest BCUT2D eigenvalue weighted by molar-refractivity contribution is 7.13. The highest BCUT2D eigenvalue weighted by Crippen LogP contribution is 2.28. The van der Waals surface area contributed by atoms with E-state index in [-0.39, 0.29) is 12.3 Å². The van der Waals surface area contributed by atoms with Crippen LogP contribution in [0.4, 0.5) is 10.1 Å². The van der Waals surface area contributed by atoms with Gasteiger partial charge in [0.1, 0.15) is 17.3 Å². The zero-order valence-electron chi connectivity index (χ0n) is 11.0. The predicted octanol–water partition coefficient (Wildman–Crippen LogP) is 3.45. The molecule has 1 aromatic carbocycles. The number of hydrogen-bond acceptors (Lipinski definition) is 3. The lowest BCUT2D eigenvalue weighted by Gasteiger charge is -2.06. The average molecular weight is 324 g/mol. The molecule has 108 valence electrons. The van der Waals surface area contributed by atoms with Crippen LogP contribution in [0.15, 0.2) is 23.6 Å². The topological polar surface area (TPSA) is 49.3 Å². The van der Waals surface area contributed by atoms with Crippen molar-refractivity contribution in [2.24, 2.45) is 0 Å². The smallest absolute Gasteiger partial charge is 0.267 e. The number of aryl methyl sites for hydroxylation is 1.